The van der Waals surface area contributed by atoms with Crippen molar-refractivity contribution in [2.24, 2.45) is 0 Å². The molecule has 0 fully saturated rings. The van der Waals surface area contributed by atoms with E-state index in [1.165, 1.54) is 12.4 Å². The van der Waals surface area contributed by atoms with Crippen molar-refractivity contribution in [1.82, 2.24) is 15.0 Å². The number of aromatic nitrogens is 3. The molecule has 0 unspecified atom stereocenters. The third-order valence-corrected chi connectivity index (χ3v) is 1.78. The van der Waals surface area contributed by atoms with E-state index in [0.717, 1.165) is 5.76 Å². The number of rotatable bonds is 3. The first-order valence-electron chi connectivity index (χ1n) is 4.44. The molecule has 0 spiro atoms. The van der Waals surface area contributed by atoms with E-state index in [4.69, 9.17) is 4.42 Å². The third-order valence-electron chi connectivity index (χ3n) is 1.78. The Morgan fingerprint density at radius 1 is 1.53 bits per heavy atom. The summed E-state index contributed by atoms with van der Waals surface area (Å²) in [5.41, 5.74) is -0.263. The lowest BCUT2D eigenvalue weighted by molar-refractivity contribution is 0.478. The van der Waals surface area contributed by atoms with Gasteiger partial charge in [0, 0.05) is 12.4 Å². The average molecular weight is 206 g/mol. The summed E-state index contributed by atoms with van der Waals surface area (Å²) >= 11 is 0. The number of aryl methyl sites for hydroxylation is 1. The Labute approximate surface area is 85.4 Å². The maximum absolute atomic E-state index is 11.2. The molecule has 2 aromatic heterocycles. The lowest BCUT2D eigenvalue weighted by Gasteiger charge is -1.99. The molecule has 0 aromatic carbocycles. The summed E-state index contributed by atoms with van der Waals surface area (Å²) < 4.78 is 5.23. The van der Waals surface area contributed by atoms with Gasteiger partial charge in [0.05, 0.1) is 12.7 Å². The first-order valence-corrected chi connectivity index (χ1v) is 4.44. The van der Waals surface area contributed by atoms with Crippen LogP contribution in [0, 0.1) is 6.92 Å². The van der Waals surface area contributed by atoms with Gasteiger partial charge >= 0.3 is 0 Å². The van der Waals surface area contributed by atoms with Crippen LogP contribution in [0.1, 0.15) is 11.7 Å². The van der Waals surface area contributed by atoms with Gasteiger partial charge in [-0.1, -0.05) is 0 Å². The summed E-state index contributed by atoms with van der Waals surface area (Å²) in [5.74, 6) is 1.52. The number of nitrogens with one attached hydrogen (secondary N) is 2. The van der Waals surface area contributed by atoms with Gasteiger partial charge in [-0.15, -0.1) is 0 Å². The summed E-state index contributed by atoms with van der Waals surface area (Å²) in [5, 5.41) is 2.83. The molecule has 0 bridgehead atoms. The molecule has 0 aliphatic carbocycles. The predicted molar refractivity (Wildman–Crippen MR) is 53.4 cm³/mol. The molecule has 0 amide bonds. The van der Waals surface area contributed by atoms with E-state index in [2.05, 4.69) is 20.3 Å². The zero-order chi connectivity index (χ0) is 10.7. The maximum atomic E-state index is 11.2. The molecule has 2 N–H and O–H groups in total. The van der Waals surface area contributed by atoms with Crippen molar-refractivity contribution in [3.05, 3.63) is 40.6 Å². The number of H-pyrrole nitrogens is 1. The van der Waals surface area contributed by atoms with Crippen LogP contribution in [0.2, 0.25) is 0 Å². The number of oxazole rings is 1. The molecule has 0 saturated heterocycles. The van der Waals surface area contributed by atoms with Crippen molar-refractivity contribution in [2.75, 3.05) is 5.32 Å². The zero-order valence-electron chi connectivity index (χ0n) is 8.15. The first kappa shape index (κ1) is 9.45. The van der Waals surface area contributed by atoms with Gasteiger partial charge in [-0.2, -0.15) is 0 Å². The summed E-state index contributed by atoms with van der Waals surface area (Å²) in [6.07, 6.45) is 4.60. The highest BCUT2D eigenvalue weighted by atomic mass is 16.4. The molecule has 2 heterocycles. The molecule has 0 saturated carbocycles. The quantitative estimate of drug-likeness (QED) is 0.771. The van der Waals surface area contributed by atoms with Gasteiger partial charge in [0.25, 0.3) is 5.56 Å². The van der Waals surface area contributed by atoms with E-state index in [9.17, 15) is 4.79 Å². The minimum absolute atomic E-state index is 0.258. The van der Waals surface area contributed by atoms with Crippen molar-refractivity contribution in [1.29, 1.82) is 0 Å². The van der Waals surface area contributed by atoms with E-state index in [1.807, 2.05) is 6.92 Å². The van der Waals surface area contributed by atoms with Crippen molar-refractivity contribution in [3.63, 3.8) is 0 Å². The second-order valence-corrected chi connectivity index (χ2v) is 2.99. The van der Waals surface area contributed by atoms with E-state index in [-0.39, 0.29) is 11.4 Å². The highest BCUT2D eigenvalue weighted by Crippen LogP contribution is 2.02. The van der Waals surface area contributed by atoms with Crippen LogP contribution in [0.15, 0.2) is 27.8 Å². The fraction of sp³-hybridized carbons (Fsp3) is 0.222. The van der Waals surface area contributed by atoms with Crippen LogP contribution in [0.25, 0.3) is 0 Å². The Kier molecular flexibility index (Phi) is 2.49. The molecule has 78 valence electrons. The Morgan fingerprint density at radius 3 is 3.07 bits per heavy atom. The van der Waals surface area contributed by atoms with Gasteiger partial charge in [-0.05, 0) is 6.92 Å². The monoisotopic (exact) mass is 206 g/mol. The van der Waals surface area contributed by atoms with Gasteiger partial charge in [0.2, 0.25) is 5.89 Å². The van der Waals surface area contributed by atoms with Crippen molar-refractivity contribution in [3.8, 4) is 0 Å². The molecule has 0 radical (unpaired) electrons. The van der Waals surface area contributed by atoms with Gasteiger partial charge in [-0.25, -0.2) is 9.97 Å². The van der Waals surface area contributed by atoms with Crippen LogP contribution >= 0.6 is 0 Å². The lowest BCUT2D eigenvalue weighted by atomic mass is 10.5. The second kappa shape index (κ2) is 3.95. The van der Waals surface area contributed by atoms with Gasteiger partial charge < -0.3 is 14.7 Å². The van der Waals surface area contributed by atoms with Crippen LogP contribution in [-0.4, -0.2) is 15.0 Å². The van der Waals surface area contributed by atoms with Gasteiger partial charge in [0.15, 0.2) is 5.82 Å². The smallest absolute Gasteiger partial charge is 0.290 e. The summed E-state index contributed by atoms with van der Waals surface area (Å²) in [7, 11) is 0. The van der Waals surface area contributed by atoms with Crippen LogP contribution in [0.3, 0.4) is 0 Å². The largest absolute Gasteiger partial charge is 0.444 e. The highest BCUT2D eigenvalue weighted by molar-refractivity contribution is 5.29. The van der Waals surface area contributed by atoms with E-state index in [0.29, 0.717) is 12.4 Å². The van der Waals surface area contributed by atoms with Gasteiger partial charge in [-0.3, -0.25) is 4.79 Å². The third kappa shape index (κ3) is 2.22. The average Bonchev–Trinajstić information content (AvgIpc) is 2.63. The van der Waals surface area contributed by atoms with Crippen molar-refractivity contribution < 1.29 is 4.42 Å². The Morgan fingerprint density at radius 2 is 2.40 bits per heavy atom. The summed E-state index contributed by atoms with van der Waals surface area (Å²) in [4.78, 5) is 21.6. The molecular formula is C9H10N4O2. The van der Waals surface area contributed by atoms with E-state index < -0.39 is 0 Å². The lowest BCUT2D eigenvalue weighted by Crippen LogP contribution is -2.15. The predicted octanol–water partition coefficient (Wildman–Crippen LogP) is 0.678. The number of anilines is 1. The zero-order valence-corrected chi connectivity index (χ0v) is 8.15. The SMILES string of the molecule is Cc1cnc(CNc2ncc[nH]c2=O)o1. The van der Waals surface area contributed by atoms with Gasteiger partial charge in [0.1, 0.15) is 5.76 Å². The minimum atomic E-state index is -0.263. The molecular weight excluding hydrogens is 196 g/mol. The summed E-state index contributed by atoms with van der Waals surface area (Å²) in [6, 6.07) is 0. The fourth-order valence-electron chi connectivity index (χ4n) is 1.12. The van der Waals surface area contributed by atoms with E-state index in [1.54, 1.807) is 6.20 Å². The number of aromatic amines is 1. The number of nitrogens with zero attached hydrogens (tertiary/aromatic N) is 2. The van der Waals surface area contributed by atoms with E-state index >= 15 is 0 Å². The summed E-state index contributed by atoms with van der Waals surface area (Å²) in [6.45, 7) is 2.15. The first-order chi connectivity index (χ1) is 7.25. The molecule has 6 nitrogen and oxygen atoms in total. The minimum Gasteiger partial charge on any atom is -0.444 e. The molecule has 0 aliphatic heterocycles. The van der Waals surface area contributed by atoms with Crippen LogP contribution in [0.4, 0.5) is 5.82 Å². The Bertz CT molecular complexity index is 503. The normalized spacial score (nSPS) is 10.2. The number of hydrogen-bond acceptors (Lipinski definition) is 5. The van der Waals surface area contributed by atoms with Crippen molar-refractivity contribution >= 4 is 5.82 Å². The van der Waals surface area contributed by atoms with Crippen LogP contribution in [-0.2, 0) is 6.54 Å². The molecule has 15 heavy (non-hydrogen) atoms. The Hall–Kier alpha value is -2.11. The fourth-order valence-corrected chi connectivity index (χ4v) is 1.12. The second-order valence-electron chi connectivity index (χ2n) is 2.99. The van der Waals surface area contributed by atoms with Crippen LogP contribution < -0.4 is 10.9 Å². The topological polar surface area (TPSA) is 83.8 Å². The molecule has 2 aromatic rings. The maximum Gasteiger partial charge on any atom is 0.290 e. The molecule has 0 atom stereocenters. The van der Waals surface area contributed by atoms with Crippen molar-refractivity contribution in [2.45, 2.75) is 13.5 Å². The Balaban J connectivity index is 2.05. The molecule has 0 aliphatic rings. The van der Waals surface area contributed by atoms with Crippen LogP contribution in [0.5, 0.6) is 0 Å². The standard InChI is InChI=1S/C9H10N4O2/c1-6-4-12-7(15-6)5-13-8-9(14)11-3-2-10-8/h2-4H,5H2,1H3,(H,10,13)(H,11,14). The number of hydrogen-bond donors (Lipinski definition) is 2. The highest BCUT2D eigenvalue weighted by Gasteiger charge is 2.02. The molecule has 2 rings (SSSR count). The molecule has 6 heteroatoms.